The van der Waals surface area contributed by atoms with Gasteiger partial charge in [-0.15, -0.1) is 16.4 Å². The summed E-state index contributed by atoms with van der Waals surface area (Å²) in [7, 11) is 0. The molecular formula is C23H28N6O2S. The van der Waals surface area contributed by atoms with Crippen LogP contribution in [0.5, 0.6) is 0 Å². The van der Waals surface area contributed by atoms with E-state index in [1.165, 1.54) is 0 Å². The zero-order valence-corrected chi connectivity index (χ0v) is 19.4. The van der Waals surface area contributed by atoms with Crippen LogP contribution in [-0.4, -0.2) is 49.3 Å². The Labute approximate surface area is 191 Å². The fourth-order valence-electron chi connectivity index (χ4n) is 4.20. The summed E-state index contributed by atoms with van der Waals surface area (Å²) in [5, 5.41) is 10.9. The van der Waals surface area contributed by atoms with Gasteiger partial charge in [0, 0.05) is 19.3 Å². The largest absolute Gasteiger partial charge is 0.350 e. The molecule has 2 amide bonds. The Kier molecular flexibility index (Phi) is 6.64. The molecule has 0 bridgehead atoms. The smallest absolute Gasteiger partial charge is 0.248 e. The van der Waals surface area contributed by atoms with Crippen LogP contribution in [0.4, 0.5) is 0 Å². The van der Waals surface area contributed by atoms with Crippen molar-refractivity contribution in [3.63, 3.8) is 0 Å². The fourth-order valence-corrected chi connectivity index (χ4v) is 5.01. The van der Waals surface area contributed by atoms with Gasteiger partial charge in [0.1, 0.15) is 12.1 Å². The van der Waals surface area contributed by atoms with Gasteiger partial charge in [-0.3, -0.25) is 9.59 Å². The highest BCUT2D eigenvalue weighted by molar-refractivity contribution is 7.13. The van der Waals surface area contributed by atoms with Gasteiger partial charge in [-0.1, -0.05) is 43.3 Å². The number of aryl methyl sites for hydroxylation is 1. The molecule has 3 heterocycles. The third kappa shape index (κ3) is 4.57. The predicted octanol–water partition coefficient (Wildman–Crippen LogP) is 3.21. The summed E-state index contributed by atoms with van der Waals surface area (Å²) in [6.07, 6.45) is 4.75. The Balaban J connectivity index is 1.39. The predicted molar refractivity (Wildman–Crippen MR) is 123 cm³/mol. The summed E-state index contributed by atoms with van der Waals surface area (Å²) in [6.45, 7) is 6.97. The summed E-state index contributed by atoms with van der Waals surface area (Å²) in [5.41, 5.74) is 5.01. The summed E-state index contributed by atoms with van der Waals surface area (Å²) in [5.74, 6) is -0.152. The van der Waals surface area contributed by atoms with Crippen LogP contribution >= 0.6 is 11.3 Å². The number of hydrogen-bond acceptors (Lipinski definition) is 6. The molecule has 2 unspecified atom stereocenters. The lowest BCUT2D eigenvalue weighted by Gasteiger charge is -2.29. The Morgan fingerprint density at radius 2 is 2.03 bits per heavy atom. The number of thiazole rings is 1. The van der Waals surface area contributed by atoms with Gasteiger partial charge in [-0.2, -0.15) is 0 Å². The van der Waals surface area contributed by atoms with Crippen LogP contribution in [0.1, 0.15) is 44.0 Å². The number of benzene rings is 1. The number of aromatic nitrogens is 4. The first-order chi connectivity index (χ1) is 15.5. The molecule has 4 rings (SSSR count). The average molecular weight is 453 g/mol. The van der Waals surface area contributed by atoms with E-state index in [9.17, 15) is 9.59 Å². The first kappa shape index (κ1) is 22.1. The minimum atomic E-state index is -0.464. The normalized spacial score (nSPS) is 17.0. The van der Waals surface area contributed by atoms with Gasteiger partial charge < -0.3 is 10.2 Å². The van der Waals surface area contributed by atoms with E-state index in [0.29, 0.717) is 19.5 Å². The van der Waals surface area contributed by atoms with E-state index in [2.05, 4.69) is 32.7 Å². The molecule has 0 saturated carbocycles. The average Bonchev–Trinajstić information content (AvgIpc) is 3.54. The van der Waals surface area contributed by atoms with Gasteiger partial charge in [0.15, 0.2) is 0 Å². The topological polar surface area (TPSA) is 93.0 Å². The molecule has 1 aliphatic rings. The van der Waals surface area contributed by atoms with E-state index in [1.54, 1.807) is 33.3 Å². The number of hydrogen-bond donors (Lipinski definition) is 1. The maximum absolute atomic E-state index is 13.3. The molecule has 9 heteroatoms. The fraction of sp³-hybridized carbons (Fsp3) is 0.435. The third-order valence-electron chi connectivity index (χ3n) is 5.88. The summed E-state index contributed by atoms with van der Waals surface area (Å²) in [6, 6.07) is 7.23. The maximum Gasteiger partial charge on any atom is 0.248 e. The van der Waals surface area contributed by atoms with Crippen LogP contribution < -0.4 is 5.32 Å². The maximum atomic E-state index is 13.3. The van der Waals surface area contributed by atoms with E-state index in [0.717, 1.165) is 28.1 Å². The molecule has 1 N–H and O–H groups in total. The van der Waals surface area contributed by atoms with Crippen LogP contribution in [0.25, 0.3) is 10.4 Å². The molecule has 2 aromatic heterocycles. The minimum Gasteiger partial charge on any atom is -0.350 e. The molecule has 0 spiro atoms. The van der Waals surface area contributed by atoms with Crippen molar-refractivity contribution in [3.8, 4) is 10.4 Å². The minimum absolute atomic E-state index is 0.0363. The van der Waals surface area contributed by atoms with Gasteiger partial charge in [0.05, 0.1) is 22.3 Å². The molecular weight excluding hydrogens is 424 g/mol. The second-order valence-electron chi connectivity index (χ2n) is 8.44. The molecule has 1 saturated heterocycles. The molecule has 0 aliphatic carbocycles. The Hall–Kier alpha value is -3.07. The molecule has 1 fully saturated rings. The van der Waals surface area contributed by atoms with Crippen molar-refractivity contribution in [2.24, 2.45) is 5.92 Å². The molecule has 168 valence electrons. The monoisotopic (exact) mass is 452 g/mol. The molecule has 1 aliphatic heterocycles. The zero-order valence-electron chi connectivity index (χ0n) is 18.6. The van der Waals surface area contributed by atoms with Crippen molar-refractivity contribution in [1.82, 2.24) is 30.2 Å². The highest BCUT2D eigenvalue weighted by Gasteiger charge is 2.39. The number of carbonyl (C=O) groups excluding carboxylic acids is 2. The van der Waals surface area contributed by atoms with Gasteiger partial charge in [-0.05, 0) is 36.8 Å². The number of nitrogens with one attached hydrogen (secondary N) is 1. The second-order valence-corrected chi connectivity index (χ2v) is 9.30. The molecule has 32 heavy (non-hydrogen) atoms. The number of nitrogens with zero attached hydrogens (tertiary/aromatic N) is 5. The van der Waals surface area contributed by atoms with E-state index in [1.807, 2.05) is 38.4 Å². The van der Waals surface area contributed by atoms with Crippen LogP contribution in [0.15, 0.2) is 42.2 Å². The van der Waals surface area contributed by atoms with E-state index >= 15 is 0 Å². The van der Waals surface area contributed by atoms with Crippen LogP contribution in [0.2, 0.25) is 0 Å². The zero-order chi connectivity index (χ0) is 22.7. The SMILES string of the molecule is Cc1ncsc1-c1ccc(CNC(=O)C2CCCN2C(=O)C(C(C)C)n2ccnn2)cc1. The number of amides is 2. The van der Waals surface area contributed by atoms with E-state index < -0.39 is 12.1 Å². The van der Waals surface area contributed by atoms with Crippen molar-refractivity contribution in [3.05, 3.63) is 53.4 Å². The van der Waals surface area contributed by atoms with Crippen LogP contribution in [-0.2, 0) is 16.1 Å². The van der Waals surface area contributed by atoms with Crippen molar-refractivity contribution in [2.45, 2.75) is 52.2 Å². The van der Waals surface area contributed by atoms with Crippen LogP contribution in [0, 0.1) is 12.8 Å². The summed E-state index contributed by atoms with van der Waals surface area (Å²) < 4.78 is 1.59. The summed E-state index contributed by atoms with van der Waals surface area (Å²) in [4.78, 5) is 33.4. The molecule has 0 radical (unpaired) electrons. The third-order valence-corrected chi connectivity index (χ3v) is 6.86. The molecule has 3 aromatic rings. The first-order valence-corrected chi connectivity index (χ1v) is 11.8. The van der Waals surface area contributed by atoms with Gasteiger partial charge >= 0.3 is 0 Å². The number of carbonyl (C=O) groups is 2. The van der Waals surface area contributed by atoms with Crippen molar-refractivity contribution < 1.29 is 9.59 Å². The Morgan fingerprint density at radius 3 is 2.66 bits per heavy atom. The van der Waals surface area contributed by atoms with Gasteiger partial charge in [0.25, 0.3) is 0 Å². The molecule has 1 aromatic carbocycles. The summed E-state index contributed by atoms with van der Waals surface area (Å²) >= 11 is 1.62. The highest BCUT2D eigenvalue weighted by atomic mass is 32.1. The standard InChI is InChI=1S/C23H28N6O2S/c1-15(2)20(29-12-10-26-27-29)23(31)28-11-4-5-19(28)22(30)24-13-17-6-8-18(9-7-17)21-16(3)25-14-32-21/h6-10,12,14-15,19-20H,4-5,11,13H2,1-3H3,(H,24,30). The molecule has 8 nitrogen and oxygen atoms in total. The van der Waals surface area contributed by atoms with Crippen molar-refractivity contribution in [1.29, 1.82) is 0 Å². The van der Waals surface area contributed by atoms with E-state index in [-0.39, 0.29) is 17.7 Å². The lowest BCUT2D eigenvalue weighted by atomic mass is 10.0. The lowest BCUT2D eigenvalue weighted by Crippen LogP contribution is -2.48. The lowest BCUT2D eigenvalue weighted by molar-refractivity contribution is -0.142. The molecule has 2 atom stereocenters. The number of rotatable bonds is 7. The van der Waals surface area contributed by atoms with Gasteiger partial charge in [-0.25, -0.2) is 9.67 Å². The van der Waals surface area contributed by atoms with Crippen molar-refractivity contribution >= 4 is 23.2 Å². The Bertz CT molecular complexity index is 1060. The van der Waals surface area contributed by atoms with Crippen molar-refractivity contribution in [2.75, 3.05) is 6.54 Å². The first-order valence-electron chi connectivity index (χ1n) is 10.9. The van der Waals surface area contributed by atoms with Gasteiger partial charge in [0.2, 0.25) is 11.8 Å². The number of likely N-dealkylation sites (tertiary alicyclic amines) is 1. The van der Waals surface area contributed by atoms with Crippen LogP contribution in [0.3, 0.4) is 0 Å². The quantitative estimate of drug-likeness (QED) is 0.594. The highest BCUT2D eigenvalue weighted by Crippen LogP contribution is 2.28. The second kappa shape index (κ2) is 9.60. The van der Waals surface area contributed by atoms with E-state index in [4.69, 9.17) is 0 Å². The Morgan fingerprint density at radius 1 is 1.25 bits per heavy atom.